The lowest BCUT2D eigenvalue weighted by atomic mass is 10.3. The van der Waals surface area contributed by atoms with Crippen LogP contribution in [0.3, 0.4) is 0 Å². The molecule has 160 valence electrons. The lowest BCUT2D eigenvalue weighted by Gasteiger charge is -2.07. The predicted octanol–water partition coefficient (Wildman–Crippen LogP) is 3.89. The first-order valence-corrected chi connectivity index (χ1v) is 11.4. The van der Waals surface area contributed by atoms with Crippen molar-refractivity contribution in [3.63, 3.8) is 0 Å². The van der Waals surface area contributed by atoms with Crippen LogP contribution < -0.4 is 10.1 Å². The Morgan fingerprint density at radius 2 is 1.97 bits per heavy atom. The zero-order chi connectivity index (χ0) is 21.5. The van der Waals surface area contributed by atoms with Gasteiger partial charge in [0.1, 0.15) is 18.2 Å². The summed E-state index contributed by atoms with van der Waals surface area (Å²) in [4.78, 5) is 16.5. The third-order valence-electron chi connectivity index (χ3n) is 4.17. The molecule has 0 aliphatic heterocycles. The Hall–Kier alpha value is -2.98. The van der Waals surface area contributed by atoms with E-state index in [1.165, 1.54) is 36.0 Å². The number of hydrogen-bond donors (Lipinski definition) is 1. The molecule has 1 N–H and O–H groups in total. The number of thiazole rings is 1. The predicted molar refractivity (Wildman–Crippen MR) is 117 cm³/mol. The monoisotopic (exact) mass is 458 g/mol. The number of benzene rings is 2. The molecule has 31 heavy (non-hydrogen) atoms. The number of fused-ring (bicyclic) bond motifs is 1. The molecule has 0 saturated heterocycles. The molecule has 4 aromatic rings. The number of rotatable bonds is 10. The number of carbonyl (C=O) groups is 1. The Morgan fingerprint density at radius 1 is 1.13 bits per heavy atom. The highest BCUT2D eigenvalue weighted by molar-refractivity contribution is 7.99. The van der Waals surface area contributed by atoms with Crippen LogP contribution in [0.15, 0.2) is 58.2 Å². The molecule has 4 rings (SSSR count). The van der Waals surface area contributed by atoms with E-state index in [2.05, 4.69) is 26.6 Å². The van der Waals surface area contributed by atoms with Crippen LogP contribution in [0.4, 0.5) is 4.39 Å². The van der Waals surface area contributed by atoms with Crippen LogP contribution in [0, 0.1) is 5.82 Å². The number of aromatic nitrogens is 3. The maximum Gasteiger partial charge on any atom is 0.277 e. The van der Waals surface area contributed by atoms with E-state index in [0.29, 0.717) is 36.4 Å². The Balaban J connectivity index is 1.15. The molecule has 0 unspecified atom stereocenters. The maximum absolute atomic E-state index is 12.8. The minimum atomic E-state index is -0.321. The van der Waals surface area contributed by atoms with Crippen LogP contribution in [-0.2, 0) is 17.6 Å². The number of carbonyl (C=O) groups excluding carboxylic acids is 1. The number of ether oxygens (including phenoxy) is 1. The molecule has 0 spiro atoms. The van der Waals surface area contributed by atoms with Crippen molar-refractivity contribution in [2.45, 2.75) is 18.1 Å². The number of amides is 1. The van der Waals surface area contributed by atoms with Crippen molar-refractivity contribution in [3.05, 3.63) is 65.2 Å². The molecular formula is C21H19FN4O3S2. The second-order valence-corrected chi connectivity index (χ2v) is 8.52. The van der Waals surface area contributed by atoms with Gasteiger partial charge in [-0.2, -0.15) is 0 Å². The molecule has 0 aliphatic carbocycles. The van der Waals surface area contributed by atoms with E-state index in [-0.39, 0.29) is 17.5 Å². The molecule has 0 aliphatic rings. The van der Waals surface area contributed by atoms with Crippen molar-refractivity contribution in [1.82, 2.24) is 20.5 Å². The summed E-state index contributed by atoms with van der Waals surface area (Å²) < 4.78 is 25.0. The first-order valence-electron chi connectivity index (χ1n) is 9.60. The zero-order valence-corrected chi connectivity index (χ0v) is 18.0. The van der Waals surface area contributed by atoms with Gasteiger partial charge in [0.2, 0.25) is 11.8 Å². The quantitative estimate of drug-likeness (QED) is 0.285. The Morgan fingerprint density at radius 3 is 2.81 bits per heavy atom. The fourth-order valence-corrected chi connectivity index (χ4v) is 4.28. The number of aryl methyl sites for hydroxylation is 2. The molecular weight excluding hydrogens is 439 g/mol. The summed E-state index contributed by atoms with van der Waals surface area (Å²) in [6.45, 7) is 0.631. The number of nitrogens with one attached hydrogen (secondary N) is 1. The third kappa shape index (κ3) is 6.25. The first-order chi connectivity index (χ1) is 15.2. The zero-order valence-electron chi connectivity index (χ0n) is 16.4. The van der Waals surface area contributed by atoms with Gasteiger partial charge >= 0.3 is 0 Å². The lowest BCUT2D eigenvalue weighted by Crippen LogP contribution is -2.29. The third-order valence-corrected chi connectivity index (χ3v) is 6.09. The lowest BCUT2D eigenvalue weighted by molar-refractivity contribution is -0.118. The van der Waals surface area contributed by atoms with Crippen molar-refractivity contribution in [3.8, 4) is 5.75 Å². The van der Waals surface area contributed by atoms with Crippen LogP contribution in [0.2, 0.25) is 0 Å². The van der Waals surface area contributed by atoms with E-state index >= 15 is 0 Å². The summed E-state index contributed by atoms with van der Waals surface area (Å²) in [5.41, 5.74) is 0.998. The molecule has 0 fully saturated rings. The van der Waals surface area contributed by atoms with E-state index in [1.54, 1.807) is 11.3 Å². The molecule has 10 heteroatoms. The highest BCUT2D eigenvalue weighted by atomic mass is 32.2. The Bertz CT molecular complexity index is 1110. The van der Waals surface area contributed by atoms with Crippen LogP contribution >= 0.6 is 23.1 Å². The summed E-state index contributed by atoms with van der Waals surface area (Å²) in [6.07, 6.45) is 1.32. The highest BCUT2D eigenvalue weighted by Gasteiger charge is 2.11. The summed E-state index contributed by atoms with van der Waals surface area (Å²) >= 11 is 2.84. The van der Waals surface area contributed by atoms with Crippen LogP contribution in [-0.4, -0.2) is 40.0 Å². The number of thioether (sulfide) groups is 1. The van der Waals surface area contributed by atoms with Gasteiger partial charge in [-0.3, -0.25) is 4.79 Å². The SMILES string of the molecule is O=C(CSc1nnc(CCc2nc3ccccc3s2)o1)NCCOc1ccc(F)cc1. The second-order valence-electron chi connectivity index (χ2n) is 6.48. The second kappa shape index (κ2) is 10.4. The van der Waals surface area contributed by atoms with E-state index in [1.807, 2.05) is 18.2 Å². The van der Waals surface area contributed by atoms with Crippen molar-refractivity contribution in [2.24, 2.45) is 0 Å². The van der Waals surface area contributed by atoms with Gasteiger partial charge in [0, 0.05) is 12.8 Å². The van der Waals surface area contributed by atoms with Gasteiger partial charge in [0.05, 0.1) is 27.5 Å². The minimum Gasteiger partial charge on any atom is -0.492 e. The molecule has 7 nitrogen and oxygen atoms in total. The highest BCUT2D eigenvalue weighted by Crippen LogP contribution is 2.23. The Kier molecular flexibility index (Phi) is 7.11. The summed E-state index contributed by atoms with van der Waals surface area (Å²) in [7, 11) is 0. The van der Waals surface area contributed by atoms with E-state index < -0.39 is 0 Å². The molecule has 1 amide bonds. The number of halogens is 1. The maximum atomic E-state index is 12.8. The standard InChI is InChI=1S/C21H19FN4O3S2/c22-14-5-7-15(8-6-14)28-12-11-23-18(27)13-30-21-26-25-19(29-21)9-10-20-24-16-3-1-2-4-17(16)31-20/h1-8H,9-13H2,(H,23,27). The van der Waals surface area contributed by atoms with Gasteiger partial charge in [-0.15, -0.1) is 21.5 Å². The van der Waals surface area contributed by atoms with Gasteiger partial charge in [-0.1, -0.05) is 23.9 Å². The normalized spacial score (nSPS) is 11.0. The number of hydrogen-bond acceptors (Lipinski definition) is 8. The van der Waals surface area contributed by atoms with E-state index in [9.17, 15) is 9.18 Å². The Labute approximate surface area is 186 Å². The molecule has 0 bridgehead atoms. The average molecular weight is 459 g/mol. The first kappa shape index (κ1) is 21.3. The van der Waals surface area contributed by atoms with Crippen LogP contribution in [0.1, 0.15) is 10.9 Å². The van der Waals surface area contributed by atoms with Gasteiger partial charge in [-0.05, 0) is 36.4 Å². The minimum absolute atomic E-state index is 0.163. The molecule has 2 aromatic heterocycles. The molecule has 0 atom stereocenters. The summed E-state index contributed by atoms with van der Waals surface area (Å²) in [5, 5.41) is 12.1. The average Bonchev–Trinajstić information content (AvgIpc) is 3.41. The topological polar surface area (TPSA) is 90.1 Å². The summed E-state index contributed by atoms with van der Waals surface area (Å²) in [6, 6.07) is 13.7. The largest absolute Gasteiger partial charge is 0.492 e. The van der Waals surface area contributed by atoms with Crippen molar-refractivity contribution >= 4 is 39.2 Å². The molecule has 2 aromatic carbocycles. The van der Waals surface area contributed by atoms with Crippen molar-refractivity contribution in [1.29, 1.82) is 0 Å². The van der Waals surface area contributed by atoms with Crippen molar-refractivity contribution < 1.29 is 18.3 Å². The number of para-hydroxylation sites is 1. The van der Waals surface area contributed by atoms with Crippen molar-refractivity contribution in [2.75, 3.05) is 18.9 Å². The smallest absolute Gasteiger partial charge is 0.277 e. The molecule has 0 saturated carbocycles. The van der Waals surface area contributed by atoms with Gasteiger partial charge in [0.25, 0.3) is 5.22 Å². The van der Waals surface area contributed by atoms with E-state index in [0.717, 1.165) is 21.6 Å². The summed E-state index contributed by atoms with van der Waals surface area (Å²) in [5.74, 6) is 0.750. The molecule has 2 heterocycles. The van der Waals surface area contributed by atoms with Gasteiger partial charge < -0.3 is 14.5 Å². The fraction of sp³-hybridized carbons (Fsp3) is 0.238. The van der Waals surface area contributed by atoms with Crippen LogP contribution in [0.5, 0.6) is 5.75 Å². The van der Waals surface area contributed by atoms with E-state index in [4.69, 9.17) is 9.15 Å². The number of nitrogens with zero attached hydrogens (tertiary/aromatic N) is 3. The fourth-order valence-electron chi connectivity index (χ4n) is 2.71. The van der Waals surface area contributed by atoms with Gasteiger partial charge in [-0.25, -0.2) is 9.37 Å². The molecule has 0 radical (unpaired) electrons. The van der Waals surface area contributed by atoms with Crippen LogP contribution in [0.25, 0.3) is 10.2 Å². The van der Waals surface area contributed by atoms with Gasteiger partial charge in [0.15, 0.2) is 0 Å².